The normalized spacial score (nSPS) is 14.5. The largest absolute Gasteiger partial charge is 0.391 e. The molecule has 3 N–H and O–H groups in total. The molecule has 0 aliphatic carbocycles. The SMILES string of the molecule is CCOCC(=O)NC(C)(CC)C(N)=S. The molecule has 0 bridgehead atoms. The molecule has 1 amide bonds. The number of hydrogen-bond acceptors (Lipinski definition) is 3. The highest BCUT2D eigenvalue weighted by Gasteiger charge is 2.27. The minimum absolute atomic E-state index is 0.0503. The van der Waals surface area contributed by atoms with E-state index >= 15 is 0 Å². The van der Waals surface area contributed by atoms with Crippen molar-refractivity contribution in [1.82, 2.24) is 5.32 Å². The minimum Gasteiger partial charge on any atom is -0.391 e. The van der Waals surface area contributed by atoms with E-state index in [4.69, 9.17) is 22.7 Å². The van der Waals surface area contributed by atoms with Gasteiger partial charge in [-0.1, -0.05) is 19.1 Å². The van der Waals surface area contributed by atoms with Gasteiger partial charge in [0.2, 0.25) is 5.91 Å². The van der Waals surface area contributed by atoms with E-state index < -0.39 is 5.54 Å². The van der Waals surface area contributed by atoms with E-state index in [2.05, 4.69) is 5.32 Å². The van der Waals surface area contributed by atoms with Crippen LogP contribution in [-0.2, 0) is 9.53 Å². The van der Waals surface area contributed by atoms with Crippen molar-refractivity contribution in [2.24, 2.45) is 5.73 Å². The predicted molar refractivity (Wildman–Crippen MR) is 60.1 cm³/mol. The summed E-state index contributed by atoms with van der Waals surface area (Å²) in [5.41, 5.74) is 4.93. The summed E-state index contributed by atoms with van der Waals surface area (Å²) in [6.45, 7) is 6.12. The van der Waals surface area contributed by atoms with Crippen molar-refractivity contribution in [2.75, 3.05) is 13.2 Å². The fraction of sp³-hybridized carbons (Fsp3) is 0.778. The van der Waals surface area contributed by atoms with Gasteiger partial charge in [0.25, 0.3) is 0 Å². The zero-order valence-electron chi connectivity index (χ0n) is 8.92. The van der Waals surface area contributed by atoms with Crippen molar-refractivity contribution < 1.29 is 9.53 Å². The predicted octanol–water partition coefficient (Wildman–Crippen LogP) is 0.594. The van der Waals surface area contributed by atoms with E-state index in [1.165, 1.54) is 0 Å². The Morgan fingerprint density at radius 2 is 2.14 bits per heavy atom. The van der Waals surface area contributed by atoms with Crippen LogP contribution in [0.15, 0.2) is 0 Å². The lowest BCUT2D eigenvalue weighted by Gasteiger charge is -2.28. The number of nitrogens with one attached hydrogen (secondary N) is 1. The molecule has 5 heteroatoms. The molecule has 0 radical (unpaired) electrons. The molecule has 1 atom stereocenters. The summed E-state index contributed by atoms with van der Waals surface area (Å²) in [7, 11) is 0. The molecule has 1 unspecified atom stereocenters. The topological polar surface area (TPSA) is 64.3 Å². The number of amides is 1. The first-order valence-corrected chi connectivity index (χ1v) is 5.05. The van der Waals surface area contributed by atoms with Crippen LogP contribution in [0.2, 0.25) is 0 Å². The number of nitrogens with two attached hydrogens (primary N) is 1. The van der Waals surface area contributed by atoms with Crippen LogP contribution in [0.5, 0.6) is 0 Å². The van der Waals surface area contributed by atoms with Crippen molar-refractivity contribution >= 4 is 23.1 Å². The summed E-state index contributed by atoms with van der Waals surface area (Å²) >= 11 is 4.88. The third-order valence-corrected chi connectivity index (χ3v) is 2.55. The first kappa shape index (κ1) is 13.3. The van der Waals surface area contributed by atoms with E-state index in [0.717, 1.165) is 0 Å². The Bertz CT molecular complexity index is 221. The average Bonchev–Trinajstić information content (AvgIpc) is 2.14. The molecule has 0 aromatic heterocycles. The molecule has 0 saturated carbocycles. The number of rotatable bonds is 6. The van der Waals surface area contributed by atoms with Gasteiger partial charge in [-0.3, -0.25) is 4.79 Å². The van der Waals surface area contributed by atoms with Crippen LogP contribution < -0.4 is 11.1 Å². The average molecular weight is 218 g/mol. The Labute approximate surface area is 90.2 Å². The Morgan fingerprint density at radius 1 is 1.57 bits per heavy atom. The van der Waals surface area contributed by atoms with Gasteiger partial charge in [0, 0.05) is 6.61 Å². The van der Waals surface area contributed by atoms with Gasteiger partial charge in [0.15, 0.2) is 0 Å². The van der Waals surface area contributed by atoms with E-state index in [0.29, 0.717) is 18.0 Å². The third-order valence-electron chi connectivity index (χ3n) is 2.10. The van der Waals surface area contributed by atoms with E-state index in [9.17, 15) is 4.79 Å². The van der Waals surface area contributed by atoms with Gasteiger partial charge >= 0.3 is 0 Å². The second-order valence-corrected chi connectivity index (χ2v) is 3.68. The van der Waals surface area contributed by atoms with Crippen molar-refractivity contribution in [3.05, 3.63) is 0 Å². The second-order valence-electron chi connectivity index (χ2n) is 3.24. The molecule has 0 rings (SSSR count). The Kier molecular flexibility index (Phi) is 5.64. The highest BCUT2D eigenvalue weighted by Crippen LogP contribution is 2.08. The first-order chi connectivity index (χ1) is 6.46. The lowest BCUT2D eigenvalue weighted by atomic mass is 9.99. The van der Waals surface area contributed by atoms with Crippen molar-refractivity contribution in [2.45, 2.75) is 32.7 Å². The maximum atomic E-state index is 11.3. The molecule has 0 saturated heterocycles. The standard InChI is InChI=1S/C9H18N2O2S/c1-4-9(3,8(10)14)11-7(12)6-13-5-2/h4-6H2,1-3H3,(H2,10,14)(H,11,12). The van der Waals surface area contributed by atoms with Gasteiger partial charge in [0.1, 0.15) is 6.61 Å². The van der Waals surface area contributed by atoms with Crippen LogP contribution in [0.1, 0.15) is 27.2 Å². The number of carbonyl (C=O) groups excluding carboxylic acids is 1. The quantitative estimate of drug-likeness (QED) is 0.641. The molecule has 0 aromatic rings. The number of carbonyl (C=O) groups is 1. The summed E-state index contributed by atoms with van der Waals surface area (Å²) in [5, 5.41) is 2.75. The minimum atomic E-state index is -0.608. The van der Waals surface area contributed by atoms with Gasteiger partial charge in [-0.2, -0.15) is 0 Å². The molecule has 0 aliphatic heterocycles. The molecule has 0 heterocycles. The van der Waals surface area contributed by atoms with Crippen LogP contribution in [0, 0.1) is 0 Å². The van der Waals surface area contributed by atoms with Crippen LogP contribution in [-0.4, -0.2) is 29.6 Å². The molecule has 0 fully saturated rings. The summed E-state index contributed by atoms with van der Waals surface area (Å²) in [5.74, 6) is -0.191. The zero-order valence-corrected chi connectivity index (χ0v) is 9.74. The Hall–Kier alpha value is -0.680. The van der Waals surface area contributed by atoms with Gasteiger partial charge in [-0.05, 0) is 20.3 Å². The number of ether oxygens (including phenoxy) is 1. The molecule has 0 aliphatic rings. The fourth-order valence-corrected chi connectivity index (χ4v) is 1.06. The zero-order chi connectivity index (χ0) is 11.2. The van der Waals surface area contributed by atoms with E-state index in [1.807, 2.05) is 13.8 Å². The Morgan fingerprint density at radius 3 is 2.50 bits per heavy atom. The maximum Gasteiger partial charge on any atom is 0.246 e. The van der Waals surface area contributed by atoms with Gasteiger partial charge in [0.05, 0.1) is 10.5 Å². The maximum absolute atomic E-state index is 11.3. The highest BCUT2D eigenvalue weighted by molar-refractivity contribution is 7.80. The lowest BCUT2D eigenvalue weighted by molar-refractivity contribution is -0.126. The monoisotopic (exact) mass is 218 g/mol. The van der Waals surface area contributed by atoms with Crippen LogP contribution in [0.4, 0.5) is 0 Å². The summed E-state index contributed by atoms with van der Waals surface area (Å²) < 4.78 is 4.97. The number of hydrogen-bond donors (Lipinski definition) is 2. The highest BCUT2D eigenvalue weighted by atomic mass is 32.1. The summed E-state index contributed by atoms with van der Waals surface area (Å²) in [6, 6.07) is 0. The molecular formula is C9H18N2O2S. The molecule has 4 nitrogen and oxygen atoms in total. The van der Waals surface area contributed by atoms with Crippen LogP contribution in [0.25, 0.3) is 0 Å². The first-order valence-electron chi connectivity index (χ1n) is 4.65. The lowest BCUT2D eigenvalue weighted by Crippen LogP contribution is -2.54. The second kappa shape index (κ2) is 5.93. The van der Waals surface area contributed by atoms with Gasteiger partial charge in [-0.15, -0.1) is 0 Å². The van der Waals surface area contributed by atoms with Crippen molar-refractivity contribution in [3.63, 3.8) is 0 Å². The van der Waals surface area contributed by atoms with Crippen molar-refractivity contribution in [1.29, 1.82) is 0 Å². The molecular weight excluding hydrogens is 200 g/mol. The molecule has 14 heavy (non-hydrogen) atoms. The number of thiocarbonyl (C=S) groups is 1. The molecule has 0 aromatic carbocycles. The Balaban J connectivity index is 4.18. The third kappa shape index (κ3) is 4.02. The summed E-state index contributed by atoms with van der Waals surface area (Å²) in [6.07, 6.45) is 0.667. The van der Waals surface area contributed by atoms with E-state index in [1.54, 1.807) is 6.92 Å². The van der Waals surface area contributed by atoms with Crippen LogP contribution >= 0.6 is 12.2 Å². The van der Waals surface area contributed by atoms with E-state index in [-0.39, 0.29) is 12.5 Å². The smallest absolute Gasteiger partial charge is 0.246 e. The van der Waals surface area contributed by atoms with Gasteiger partial charge in [-0.25, -0.2) is 0 Å². The fourth-order valence-electron chi connectivity index (χ4n) is 0.863. The van der Waals surface area contributed by atoms with Crippen molar-refractivity contribution in [3.8, 4) is 0 Å². The van der Waals surface area contributed by atoms with Gasteiger partial charge < -0.3 is 15.8 Å². The van der Waals surface area contributed by atoms with Crippen LogP contribution in [0.3, 0.4) is 0 Å². The molecule has 82 valence electrons. The summed E-state index contributed by atoms with van der Waals surface area (Å²) in [4.78, 5) is 11.6. The molecule has 0 spiro atoms.